The van der Waals surface area contributed by atoms with Crippen LogP contribution in [0.15, 0.2) is 36.5 Å². The van der Waals surface area contributed by atoms with Crippen LogP contribution in [0.1, 0.15) is 36.3 Å². The van der Waals surface area contributed by atoms with Crippen LogP contribution in [0.2, 0.25) is 0 Å². The SMILES string of the molecule is CNCc1cnc(C2(c3ccccc3)CCC2)[nH]1. The normalized spacial score (nSPS) is 17.4. The van der Waals surface area contributed by atoms with E-state index in [0.29, 0.717) is 0 Å². The lowest BCUT2D eigenvalue weighted by Crippen LogP contribution is -2.36. The maximum atomic E-state index is 4.61. The Labute approximate surface area is 108 Å². The molecule has 18 heavy (non-hydrogen) atoms. The lowest BCUT2D eigenvalue weighted by molar-refractivity contribution is 0.287. The molecule has 3 heteroatoms. The molecule has 3 nitrogen and oxygen atoms in total. The summed E-state index contributed by atoms with van der Waals surface area (Å²) in [6.45, 7) is 0.845. The van der Waals surface area contributed by atoms with Gasteiger partial charge in [-0.1, -0.05) is 36.8 Å². The van der Waals surface area contributed by atoms with Gasteiger partial charge in [-0.15, -0.1) is 0 Å². The Kier molecular flexibility index (Phi) is 2.92. The molecule has 1 aromatic carbocycles. The van der Waals surface area contributed by atoms with Crippen molar-refractivity contribution in [2.45, 2.75) is 31.2 Å². The molecule has 1 saturated carbocycles. The van der Waals surface area contributed by atoms with Gasteiger partial charge in [0.1, 0.15) is 5.82 Å². The predicted octanol–water partition coefficient (Wildman–Crippen LogP) is 2.60. The Morgan fingerprint density at radius 2 is 2.06 bits per heavy atom. The van der Waals surface area contributed by atoms with Gasteiger partial charge in [-0.3, -0.25) is 0 Å². The molecule has 0 atom stereocenters. The van der Waals surface area contributed by atoms with E-state index in [0.717, 1.165) is 18.1 Å². The van der Waals surface area contributed by atoms with Crippen molar-refractivity contribution in [3.63, 3.8) is 0 Å². The second-order valence-electron chi connectivity index (χ2n) is 5.09. The monoisotopic (exact) mass is 241 g/mol. The number of hydrogen-bond acceptors (Lipinski definition) is 2. The molecule has 0 unspecified atom stereocenters. The highest BCUT2D eigenvalue weighted by Crippen LogP contribution is 2.47. The summed E-state index contributed by atoms with van der Waals surface area (Å²) < 4.78 is 0. The van der Waals surface area contributed by atoms with Crippen LogP contribution in [0.4, 0.5) is 0 Å². The highest BCUT2D eigenvalue weighted by atomic mass is 15.0. The molecule has 0 aliphatic heterocycles. The Hall–Kier alpha value is -1.61. The van der Waals surface area contributed by atoms with Crippen molar-refractivity contribution in [3.8, 4) is 0 Å². The summed E-state index contributed by atoms with van der Waals surface area (Å²) in [6, 6.07) is 10.8. The maximum absolute atomic E-state index is 4.61. The van der Waals surface area contributed by atoms with Gasteiger partial charge in [0.15, 0.2) is 0 Å². The number of rotatable bonds is 4. The second-order valence-corrected chi connectivity index (χ2v) is 5.09. The van der Waals surface area contributed by atoms with Gasteiger partial charge in [0.25, 0.3) is 0 Å². The van der Waals surface area contributed by atoms with Gasteiger partial charge in [0.05, 0.1) is 5.41 Å². The molecule has 2 aromatic rings. The van der Waals surface area contributed by atoms with Crippen molar-refractivity contribution < 1.29 is 0 Å². The van der Waals surface area contributed by atoms with E-state index in [9.17, 15) is 0 Å². The number of nitrogens with one attached hydrogen (secondary N) is 2. The van der Waals surface area contributed by atoms with Crippen LogP contribution in [-0.2, 0) is 12.0 Å². The van der Waals surface area contributed by atoms with Crippen LogP contribution in [-0.4, -0.2) is 17.0 Å². The number of aromatic nitrogens is 2. The van der Waals surface area contributed by atoms with E-state index >= 15 is 0 Å². The summed E-state index contributed by atoms with van der Waals surface area (Å²) in [5.74, 6) is 1.13. The number of imidazole rings is 1. The Bertz CT molecular complexity index is 512. The summed E-state index contributed by atoms with van der Waals surface area (Å²) >= 11 is 0. The third kappa shape index (κ3) is 1.75. The standard InChI is InChI=1S/C15H19N3/c1-16-10-13-11-17-14(18-13)15(8-5-9-15)12-6-3-2-4-7-12/h2-4,6-7,11,16H,5,8-10H2,1H3,(H,17,18). The smallest absolute Gasteiger partial charge is 0.116 e. The van der Waals surface area contributed by atoms with Crippen LogP contribution in [0.25, 0.3) is 0 Å². The van der Waals surface area contributed by atoms with E-state index < -0.39 is 0 Å². The number of benzene rings is 1. The average Bonchev–Trinajstić information content (AvgIpc) is 2.79. The lowest BCUT2D eigenvalue weighted by Gasteiger charge is -2.40. The molecular weight excluding hydrogens is 222 g/mol. The van der Waals surface area contributed by atoms with Crippen molar-refractivity contribution >= 4 is 0 Å². The number of hydrogen-bond donors (Lipinski definition) is 2. The minimum Gasteiger partial charge on any atom is -0.344 e. The quantitative estimate of drug-likeness (QED) is 0.864. The third-order valence-electron chi connectivity index (χ3n) is 3.98. The average molecular weight is 241 g/mol. The van der Waals surface area contributed by atoms with Gasteiger partial charge < -0.3 is 10.3 Å². The second kappa shape index (κ2) is 4.58. The van der Waals surface area contributed by atoms with Gasteiger partial charge in [-0.05, 0) is 25.5 Å². The molecule has 1 heterocycles. The molecule has 3 rings (SSSR count). The Balaban J connectivity index is 1.96. The zero-order valence-corrected chi connectivity index (χ0v) is 10.7. The van der Waals surface area contributed by atoms with Crippen molar-refractivity contribution in [1.29, 1.82) is 0 Å². The number of H-pyrrole nitrogens is 1. The molecule has 0 bridgehead atoms. The fourth-order valence-electron chi connectivity index (χ4n) is 2.83. The fourth-order valence-corrected chi connectivity index (χ4v) is 2.83. The van der Waals surface area contributed by atoms with Crippen LogP contribution >= 0.6 is 0 Å². The van der Waals surface area contributed by atoms with Crippen LogP contribution < -0.4 is 5.32 Å². The van der Waals surface area contributed by atoms with Gasteiger partial charge in [0, 0.05) is 18.4 Å². The van der Waals surface area contributed by atoms with Crippen molar-refractivity contribution in [1.82, 2.24) is 15.3 Å². The van der Waals surface area contributed by atoms with E-state index in [1.165, 1.54) is 24.8 Å². The maximum Gasteiger partial charge on any atom is 0.116 e. The van der Waals surface area contributed by atoms with Gasteiger partial charge >= 0.3 is 0 Å². The number of aromatic amines is 1. The lowest BCUT2D eigenvalue weighted by atomic mass is 9.64. The predicted molar refractivity (Wildman–Crippen MR) is 72.4 cm³/mol. The van der Waals surface area contributed by atoms with Crippen LogP contribution in [0, 0.1) is 0 Å². The highest BCUT2D eigenvalue weighted by Gasteiger charge is 2.42. The Morgan fingerprint density at radius 1 is 1.28 bits per heavy atom. The van der Waals surface area contributed by atoms with Crippen molar-refractivity contribution in [2.75, 3.05) is 7.05 Å². The summed E-state index contributed by atoms with van der Waals surface area (Å²) in [5, 5.41) is 3.15. The molecule has 0 amide bonds. The minimum atomic E-state index is 0.132. The van der Waals surface area contributed by atoms with E-state index in [1.807, 2.05) is 13.2 Å². The van der Waals surface area contributed by atoms with Crippen molar-refractivity contribution in [3.05, 3.63) is 53.6 Å². The summed E-state index contributed by atoms with van der Waals surface area (Å²) in [4.78, 5) is 8.09. The van der Waals surface area contributed by atoms with Gasteiger partial charge in [-0.2, -0.15) is 0 Å². The molecule has 0 saturated heterocycles. The molecular formula is C15H19N3. The Morgan fingerprint density at radius 3 is 2.67 bits per heavy atom. The first-order chi connectivity index (χ1) is 8.85. The molecule has 1 aliphatic carbocycles. The fraction of sp³-hybridized carbons (Fsp3) is 0.400. The molecule has 1 fully saturated rings. The van der Waals surface area contributed by atoms with E-state index in [2.05, 4.69) is 45.6 Å². The van der Waals surface area contributed by atoms with Crippen molar-refractivity contribution in [2.24, 2.45) is 0 Å². The molecule has 2 N–H and O–H groups in total. The molecule has 1 aliphatic rings. The summed E-state index contributed by atoms with van der Waals surface area (Å²) in [5.41, 5.74) is 2.68. The largest absolute Gasteiger partial charge is 0.344 e. The zero-order chi connectivity index (χ0) is 12.4. The molecule has 1 aromatic heterocycles. The van der Waals surface area contributed by atoms with Crippen LogP contribution in [0.3, 0.4) is 0 Å². The highest BCUT2D eigenvalue weighted by molar-refractivity contribution is 5.36. The third-order valence-corrected chi connectivity index (χ3v) is 3.98. The van der Waals surface area contributed by atoms with E-state index in [1.54, 1.807) is 0 Å². The first kappa shape index (κ1) is 11.5. The molecule has 94 valence electrons. The van der Waals surface area contributed by atoms with E-state index in [-0.39, 0.29) is 5.41 Å². The summed E-state index contributed by atoms with van der Waals surface area (Å²) in [7, 11) is 1.96. The van der Waals surface area contributed by atoms with E-state index in [4.69, 9.17) is 0 Å². The summed E-state index contributed by atoms with van der Waals surface area (Å²) in [6.07, 6.45) is 5.64. The zero-order valence-electron chi connectivity index (χ0n) is 10.7. The first-order valence-electron chi connectivity index (χ1n) is 6.60. The van der Waals surface area contributed by atoms with Gasteiger partial charge in [0.2, 0.25) is 0 Å². The first-order valence-corrected chi connectivity index (χ1v) is 6.60. The van der Waals surface area contributed by atoms with Crippen LogP contribution in [0.5, 0.6) is 0 Å². The molecule has 0 spiro atoms. The minimum absolute atomic E-state index is 0.132. The topological polar surface area (TPSA) is 40.7 Å². The molecule has 0 radical (unpaired) electrons. The van der Waals surface area contributed by atoms with Gasteiger partial charge in [-0.25, -0.2) is 4.98 Å². The number of nitrogens with zero attached hydrogens (tertiary/aromatic N) is 1.